The molecule has 0 radical (unpaired) electrons. The fourth-order valence-electron chi connectivity index (χ4n) is 1.36. The zero-order valence-corrected chi connectivity index (χ0v) is 9.92. The van der Waals surface area contributed by atoms with Crippen molar-refractivity contribution in [2.24, 2.45) is 0 Å². The van der Waals surface area contributed by atoms with Gasteiger partial charge in [-0.05, 0) is 0 Å². The van der Waals surface area contributed by atoms with Crippen molar-refractivity contribution in [2.75, 3.05) is 13.7 Å². The first-order valence-electron chi connectivity index (χ1n) is 5.97. The van der Waals surface area contributed by atoms with Crippen molar-refractivity contribution in [1.82, 2.24) is 0 Å². The summed E-state index contributed by atoms with van der Waals surface area (Å²) in [6, 6.07) is 0. The van der Waals surface area contributed by atoms with Crippen LogP contribution >= 0.6 is 0 Å². The second-order valence-corrected chi connectivity index (χ2v) is 3.86. The first kappa shape index (κ1) is 16.0. The quantitative estimate of drug-likeness (QED) is 0.235. The molecule has 0 saturated carbocycles. The normalized spacial score (nSPS) is 19.9. The van der Waals surface area contributed by atoms with Crippen molar-refractivity contribution in [3.63, 3.8) is 0 Å². The molecule has 0 aromatic carbocycles. The van der Waals surface area contributed by atoms with Gasteiger partial charge < -0.3 is 35.4 Å². The van der Waals surface area contributed by atoms with Gasteiger partial charge in [0.2, 0.25) is 5.78 Å². The smallest absolute Gasteiger partial charge is 0.372 e. The molecule has 5 atom stereocenters. The highest BCUT2D eigenvalue weighted by molar-refractivity contribution is 6.32. The van der Waals surface area contributed by atoms with E-state index >= 15 is 0 Å². The van der Waals surface area contributed by atoms with Crippen LogP contribution in [0.1, 0.15) is 7.79 Å². The lowest BCUT2D eigenvalue weighted by atomic mass is 9.96. The third-order valence-electron chi connectivity index (χ3n) is 2.47. The van der Waals surface area contributed by atoms with E-state index in [0.29, 0.717) is 0 Å². The van der Waals surface area contributed by atoms with Gasteiger partial charge in [0.25, 0.3) is 0 Å². The summed E-state index contributed by atoms with van der Waals surface area (Å²) in [4.78, 5) is 21.3. The average Bonchev–Trinajstić information content (AvgIpc) is 2.41. The van der Waals surface area contributed by atoms with Crippen LogP contribution in [0.2, 0.25) is 0 Å². The lowest BCUT2D eigenvalue weighted by molar-refractivity contribution is -0.160. The lowest BCUT2D eigenvalue weighted by Crippen LogP contribution is -2.51. The maximum Gasteiger partial charge on any atom is 0.372 e. The number of aliphatic carboxylic acids is 1. The van der Waals surface area contributed by atoms with E-state index in [-0.39, 0.29) is 0 Å². The van der Waals surface area contributed by atoms with Gasteiger partial charge in [-0.15, -0.1) is 0 Å². The zero-order valence-electron chi connectivity index (χ0n) is 10.9. The van der Waals surface area contributed by atoms with Crippen molar-refractivity contribution < 1.29 is 46.3 Å². The molecule has 9 heteroatoms. The molecule has 0 amide bonds. The number of ether oxygens (including phenoxy) is 1. The van der Waals surface area contributed by atoms with Crippen molar-refractivity contribution in [3.8, 4) is 0 Å². The van der Waals surface area contributed by atoms with Gasteiger partial charge in [0.05, 0.1) is 14.1 Å². The highest BCUT2D eigenvalue weighted by Gasteiger charge is 2.36. The predicted octanol–water partition coefficient (Wildman–Crippen LogP) is -3.52. The van der Waals surface area contributed by atoms with E-state index in [2.05, 4.69) is 4.74 Å². The Morgan fingerprint density at radius 1 is 1.16 bits per heavy atom. The minimum Gasteiger partial charge on any atom is -0.475 e. The number of aliphatic hydroxyl groups excluding tert-OH is 5. The number of ketones is 1. The van der Waals surface area contributed by atoms with Crippen LogP contribution in [-0.2, 0) is 14.3 Å². The van der Waals surface area contributed by atoms with Crippen LogP contribution in [-0.4, -0.2) is 86.6 Å². The topological polar surface area (TPSA) is 165 Å². The minimum absolute atomic E-state index is 0.748. The Morgan fingerprint density at radius 2 is 1.74 bits per heavy atom. The molecule has 0 aromatic heterocycles. The monoisotopic (exact) mass is 283 g/mol. The summed E-state index contributed by atoms with van der Waals surface area (Å²) in [6.07, 6.45) is -9.96. The van der Waals surface area contributed by atoms with Gasteiger partial charge in [-0.2, -0.15) is 0 Å². The number of carbonyl (C=O) groups is 2. The second-order valence-electron chi connectivity index (χ2n) is 3.86. The third-order valence-corrected chi connectivity index (χ3v) is 2.47. The lowest BCUT2D eigenvalue weighted by Gasteiger charge is -2.30. The van der Waals surface area contributed by atoms with Crippen LogP contribution in [0.3, 0.4) is 0 Å². The first-order valence-corrected chi connectivity index (χ1v) is 5.26. The van der Waals surface area contributed by atoms with Crippen LogP contribution in [0.15, 0.2) is 0 Å². The van der Waals surface area contributed by atoms with Gasteiger partial charge in [-0.3, -0.25) is 4.79 Å². The minimum atomic E-state index is -1.93. The number of hydrogen-bond acceptors (Lipinski definition) is 8. The van der Waals surface area contributed by atoms with Crippen LogP contribution in [0, 0.1) is 0 Å². The Balaban J connectivity index is 4.84. The first-order chi connectivity index (χ1) is 9.26. The molecule has 0 aliphatic carbocycles. The van der Waals surface area contributed by atoms with E-state index in [4.69, 9.17) is 16.7 Å². The molecule has 19 heavy (non-hydrogen) atoms. The summed E-state index contributed by atoms with van der Waals surface area (Å²) in [7, 11) is -0.748. The number of hydrogen-bond donors (Lipinski definition) is 6. The van der Waals surface area contributed by atoms with Crippen molar-refractivity contribution in [1.29, 1.82) is 0 Å². The molecule has 0 aliphatic rings. The summed E-state index contributed by atoms with van der Waals surface area (Å²) < 4.78 is 11.5. The molecular formula is C10H18O9. The third kappa shape index (κ3) is 5.19. The molecule has 0 heterocycles. The number of carbonyl (C=O) groups excluding carboxylic acids is 1. The zero-order chi connectivity index (χ0) is 15.9. The average molecular weight is 283 g/mol. The molecule has 0 bridgehead atoms. The summed E-state index contributed by atoms with van der Waals surface area (Å²) in [5.74, 6) is -3.14. The Kier molecular flexibility index (Phi) is 6.84. The molecule has 0 spiro atoms. The SMILES string of the molecule is [2H]CO[C@@H]([C@@H](O)[C@H](O)[C@H](O)CO)[C@@H](O)CC(=O)C(=O)O. The van der Waals surface area contributed by atoms with Crippen LogP contribution in [0.5, 0.6) is 0 Å². The molecule has 6 N–H and O–H groups in total. The summed E-state index contributed by atoms with van der Waals surface area (Å²) in [6.45, 7) is -0.879. The van der Waals surface area contributed by atoms with Gasteiger partial charge in [-0.25, -0.2) is 4.79 Å². The Hall–Kier alpha value is -1.10. The summed E-state index contributed by atoms with van der Waals surface area (Å²) in [5.41, 5.74) is 0. The van der Waals surface area contributed by atoms with E-state index in [1.165, 1.54) is 0 Å². The highest BCUT2D eigenvalue weighted by atomic mass is 16.5. The van der Waals surface area contributed by atoms with E-state index in [0.717, 1.165) is 0 Å². The van der Waals surface area contributed by atoms with E-state index in [1.54, 1.807) is 0 Å². The Labute approximate surface area is 110 Å². The summed E-state index contributed by atoms with van der Waals surface area (Å²) in [5, 5.41) is 55.0. The number of aliphatic hydroxyl groups is 5. The van der Waals surface area contributed by atoms with E-state index < -0.39 is 62.4 Å². The predicted molar refractivity (Wildman–Crippen MR) is 59.2 cm³/mol. The van der Waals surface area contributed by atoms with Gasteiger partial charge >= 0.3 is 5.97 Å². The van der Waals surface area contributed by atoms with E-state index in [1.807, 2.05) is 0 Å². The Bertz CT molecular complexity index is 324. The largest absolute Gasteiger partial charge is 0.475 e. The number of Topliss-reactive ketones (excluding diaryl/α,β-unsaturated/α-hetero) is 1. The van der Waals surface area contributed by atoms with Gasteiger partial charge in [0.1, 0.15) is 24.4 Å². The maximum atomic E-state index is 10.9. The van der Waals surface area contributed by atoms with Crippen molar-refractivity contribution in [3.05, 3.63) is 0 Å². The molecular weight excluding hydrogens is 264 g/mol. The van der Waals surface area contributed by atoms with Gasteiger partial charge in [0, 0.05) is 13.5 Å². The molecule has 0 fully saturated rings. The van der Waals surface area contributed by atoms with E-state index in [9.17, 15) is 24.9 Å². The summed E-state index contributed by atoms with van der Waals surface area (Å²) >= 11 is 0. The molecule has 0 unspecified atom stereocenters. The van der Waals surface area contributed by atoms with Crippen molar-refractivity contribution in [2.45, 2.75) is 36.9 Å². The molecule has 0 saturated heterocycles. The van der Waals surface area contributed by atoms with Crippen LogP contribution < -0.4 is 0 Å². The van der Waals surface area contributed by atoms with Crippen molar-refractivity contribution >= 4 is 11.8 Å². The molecule has 112 valence electrons. The second kappa shape index (κ2) is 8.15. The van der Waals surface area contributed by atoms with Crippen LogP contribution in [0.25, 0.3) is 0 Å². The number of rotatable bonds is 9. The highest BCUT2D eigenvalue weighted by Crippen LogP contribution is 2.14. The molecule has 0 aromatic rings. The van der Waals surface area contributed by atoms with Crippen LogP contribution in [0.4, 0.5) is 0 Å². The van der Waals surface area contributed by atoms with Gasteiger partial charge in [-0.1, -0.05) is 0 Å². The fraction of sp³-hybridized carbons (Fsp3) is 0.800. The Morgan fingerprint density at radius 3 is 2.16 bits per heavy atom. The maximum absolute atomic E-state index is 10.9. The molecule has 0 rings (SSSR count). The number of carboxylic acid groups (broad SMARTS) is 1. The molecule has 0 aliphatic heterocycles. The number of carboxylic acids is 1. The number of methoxy groups -OCH3 is 1. The fourth-order valence-corrected chi connectivity index (χ4v) is 1.36. The van der Waals surface area contributed by atoms with Gasteiger partial charge in [0.15, 0.2) is 0 Å². The standard InChI is InChI=1S/C10H18O9/c1-19-9(4(12)2-5(13)10(17)18)8(16)7(15)6(14)3-11/h4,6-9,11-12,14-16H,2-3H2,1H3,(H,17,18)/t4-,6+,7+,8-,9+/m0/s1/i1D. The molecule has 9 nitrogen and oxygen atoms in total.